The van der Waals surface area contributed by atoms with Crippen LogP contribution in [0.15, 0.2) is 103 Å². The van der Waals surface area contributed by atoms with E-state index in [1.807, 2.05) is 78.9 Å². The summed E-state index contributed by atoms with van der Waals surface area (Å²) in [5.74, 6) is 0. The molecule has 0 aliphatic rings. The van der Waals surface area contributed by atoms with Gasteiger partial charge in [-0.3, -0.25) is 9.97 Å². The first-order valence-electron chi connectivity index (χ1n) is 8.74. The van der Waals surface area contributed by atoms with E-state index in [1.165, 1.54) is 10.9 Å². The minimum atomic E-state index is -1.41. The summed E-state index contributed by atoms with van der Waals surface area (Å²) in [4.78, 5) is 8.79. The predicted molar refractivity (Wildman–Crippen MR) is 120 cm³/mol. The van der Waals surface area contributed by atoms with Gasteiger partial charge in [-0.2, -0.15) is 0 Å². The molecule has 4 aromatic rings. The summed E-state index contributed by atoms with van der Waals surface area (Å²) in [5, 5.41) is 11.7. The molecule has 6 heteroatoms. The molecule has 2 aromatic carbocycles. The van der Waals surface area contributed by atoms with E-state index in [0.29, 0.717) is 11.4 Å². The molecule has 2 heterocycles. The monoisotopic (exact) mass is 554 g/mol. The SMILES string of the molecule is OC(c1ccc(-c2ccccc2)cc1)(c1ccccn1)c1ccccn1.[Br][Ni][Br]. The number of aromatic nitrogens is 2. The second kappa shape index (κ2) is 10.8. The Morgan fingerprint density at radius 1 is 0.621 bits per heavy atom. The predicted octanol–water partition coefficient (Wildman–Crippen LogP) is 6.12. The summed E-state index contributed by atoms with van der Waals surface area (Å²) in [5.41, 5.74) is 2.65. The van der Waals surface area contributed by atoms with Crippen LogP contribution in [0, 0.1) is 0 Å². The third-order valence-corrected chi connectivity index (χ3v) is 4.48. The van der Waals surface area contributed by atoms with E-state index in [1.54, 1.807) is 12.4 Å². The van der Waals surface area contributed by atoms with Gasteiger partial charge in [-0.25, -0.2) is 0 Å². The van der Waals surface area contributed by atoms with Crippen molar-refractivity contribution in [3.05, 3.63) is 120 Å². The fourth-order valence-corrected chi connectivity index (χ4v) is 3.12. The minimum absolute atomic E-state index is 0.547. The first-order valence-corrected chi connectivity index (χ1v) is 13.6. The van der Waals surface area contributed by atoms with E-state index in [0.717, 1.165) is 16.7 Å². The van der Waals surface area contributed by atoms with E-state index in [9.17, 15) is 5.11 Å². The maximum absolute atomic E-state index is 11.7. The van der Waals surface area contributed by atoms with Crippen LogP contribution in [-0.4, -0.2) is 15.1 Å². The topological polar surface area (TPSA) is 46.0 Å². The number of hydrogen-bond donors (Lipinski definition) is 1. The van der Waals surface area contributed by atoms with Gasteiger partial charge in [-0.05, 0) is 41.0 Å². The van der Waals surface area contributed by atoms with Crippen molar-refractivity contribution in [3.63, 3.8) is 0 Å². The van der Waals surface area contributed by atoms with Crippen LogP contribution in [-0.2, 0) is 16.5 Å². The molecule has 0 bridgehead atoms. The van der Waals surface area contributed by atoms with Gasteiger partial charge in [0.15, 0.2) is 5.60 Å². The molecule has 0 saturated carbocycles. The first kappa shape index (κ1) is 21.9. The van der Waals surface area contributed by atoms with Gasteiger partial charge < -0.3 is 5.11 Å². The van der Waals surface area contributed by atoms with Gasteiger partial charge in [-0.1, -0.05) is 66.7 Å². The van der Waals surface area contributed by atoms with Gasteiger partial charge in [0.25, 0.3) is 0 Å². The van der Waals surface area contributed by atoms with E-state index >= 15 is 0 Å². The quantitative estimate of drug-likeness (QED) is 0.308. The number of halogens is 2. The Morgan fingerprint density at radius 3 is 1.52 bits per heavy atom. The average Bonchev–Trinajstić information content (AvgIpc) is 2.81. The van der Waals surface area contributed by atoms with Crippen LogP contribution in [0.4, 0.5) is 0 Å². The van der Waals surface area contributed by atoms with E-state index in [2.05, 4.69) is 50.6 Å². The van der Waals surface area contributed by atoms with Crippen molar-refractivity contribution in [1.82, 2.24) is 9.97 Å². The molecular formula is C23H18Br2N2NiO. The molecule has 0 saturated heterocycles. The molecule has 0 radical (unpaired) electrons. The molecule has 1 N–H and O–H groups in total. The molecule has 150 valence electrons. The molecule has 0 fully saturated rings. The van der Waals surface area contributed by atoms with Gasteiger partial charge in [0, 0.05) is 12.4 Å². The van der Waals surface area contributed by atoms with E-state index in [-0.39, 0.29) is 0 Å². The van der Waals surface area contributed by atoms with Crippen molar-refractivity contribution in [2.75, 3.05) is 0 Å². The third-order valence-electron chi connectivity index (χ3n) is 4.48. The second-order valence-electron chi connectivity index (χ2n) is 6.13. The average molecular weight is 557 g/mol. The second-order valence-corrected chi connectivity index (χ2v) is 11.1. The van der Waals surface area contributed by atoms with E-state index < -0.39 is 5.60 Å². The standard InChI is InChI=1S/C23H18N2O.2BrH.Ni/c26-23(21-10-4-6-16-24-21,22-11-5-7-17-25-22)20-14-12-19(13-15-20)18-8-2-1-3-9-18;;;/h1-17,26H;2*1H;/q;;;+2/p-2. The van der Waals surface area contributed by atoms with Crippen LogP contribution in [0.25, 0.3) is 11.1 Å². The van der Waals surface area contributed by atoms with Crippen LogP contribution in [0.2, 0.25) is 0 Å². The Kier molecular flexibility index (Phi) is 8.13. The van der Waals surface area contributed by atoms with Crippen molar-refractivity contribution in [2.24, 2.45) is 0 Å². The molecule has 0 spiro atoms. The van der Waals surface area contributed by atoms with Gasteiger partial charge in [0.1, 0.15) is 0 Å². The summed E-state index contributed by atoms with van der Waals surface area (Å²) in [6.07, 6.45) is 3.36. The number of nitrogens with zero attached hydrogens (tertiary/aromatic N) is 2. The molecule has 0 aliphatic heterocycles. The molecular weight excluding hydrogens is 539 g/mol. The van der Waals surface area contributed by atoms with Crippen molar-refractivity contribution < 1.29 is 16.0 Å². The van der Waals surface area contributed by atoms with Crippen LogP contribution >= 0.6 is 28.5 Å². The molecule has 2 aromatic heterocycles. The third kappa shape index (κ3) is 5.20. The molecule has 29 heavy (non-hydrogen) atoms. The van der Waals surface area contributed by atoms with Crippen LogP contribution in [0.3, 0.4) is 0 Å². The Bertz CT molecular complexity index is 962. The Balaban J connectivity index is 0.000000755. The molecule has 3 nitrogen and oxygen atoms in total. The summed E-state index contributed by atoms with van der Waals surface area (Å²) >= 11 is 6.00. The summed E-state index contributed by atoms with van der Waals surface area (Å²) < 4.78 is 0. The van der Waals surface area contributed by atoms with Crippen molar-refractivity contribution in [3.8, 4) is 11.1 Å². The van der Waals surface area contributed by atoms with Gasteiger partial charge in [0.2, 0.25) is 0 Å². The Morgan fingerprint density at radius 2 is 1.07 bits per heavy atom. The number of aliphatic hydroxyl groups is 1. The van der Waals surface area contributed by atoms with Crippen molar-refractivity contribution in [1.29, 1.82) is 0 Å². The first-order chi connectivity index (χ1) is 14.2. The fraction of sp³-hybridized carbons (Fsp3) is 0.0435. The van der Waals surface area contributed by atoms with Gasteiger partial charge >= 0.3 is 39.3 Å². The van der Waals surface area contributed by atoms with Crippen LogP contribution in [0.1, 0.15) is 17.0 Å². The number of benzene rings is 2. The van der Waals surface area contributed by atoms with E-state index in [4.69, 9.17) is 0 Å². The number of pyridine rings is 2. The molecule has 4 rings (SSSR count). The molecule has 0 atom stereocenters. The van der Waals surface area contributed by atoms with Gasteiger partial charge in [-0.15, -0.1) is 0 Å². The van der Waals surface area contributed by atoms with Gasteiger partial charge in [0.05, 0.1) is 11.4 Å². The van der Waals surface area contributed by atoms with Crippen molar-refractivity contribution >= 4 is 28.5 Å². The van der Waals surface area contributed by atoms with Crippen molar-refractivity contribution in [2.45, 2.75) is 5.60 Å². The summed E-state index contributed by atoms with van der Waals surface area (Å²) in [6.45, 7) is 0. The number of rotatable bonds is 4. The summed E-state index contributed by atoms with van der Waals surface area (Å²) in [7, 11) is 1.25. The van der Waals surface area contributed by atoms with Crippen LogP contribution in [0.5, 0.6) is 0 Å². The Labute approximate surface area is 190 Å². The Hall–Kier alpha value is -1.85. The zero-order chi connectivity index (χ0) is 20.5. The maximum atomic E-state index is 11.7. The normalized spacial score (nSPS) is 10.9. The molecule has 0 amide bonds. The molecule has 0 unspecified atom stereocenters. The van der Waals surface area contributed by atoms with Crippen LogP contribution < -0.4 is 0 Å². The fourth-order valence-electron chi connectivity index (χ4n) is 3.12. The zero-order valence-electron chi connectivity index (χ0n) is 15.2. The summed E-state index contributed by atoms with van der Waals surface area (Å²) in [6, 6.07) is 29.1. The number of hydrogen-bond acceptors (Lipinski definition) is 3. The zero-order valence-corrected chi connectivity index (χ0v) is 19.4. The molecule has 0 aliphatic carbocycles.